The summed E-state index contributed by atoms with van der Waals surface area (Å²) in [4.78, 5) is 0. The van der Waals surface area contributed by atoms with Crippen LogP contribution in [0.5, 0.6) is 0 Å². The van der Waals surface area contributed by atoms with Crippen molar-refractivity contribution in [3.8, 4) is 0 Å². The second-order valence-electron chi connectivity index (χ2n) is 3.64. The second kappa shape index (κ2) is 5.51. The molecule has 0 atom stereocenters. The molecule has 0 unspecified atom stereocenters. The van der Waals surface area contributed by atoms with Gasteiger partial charge in [0.15, 0.2) is 0 Å². The lowest BCUT2D eigenvalue weighted by Gasteiger charge is -2.10. The molecule has 0 aliphatic heterocycles. The van der Waals surface area contributed by atoms with E-state index in [1.165, 1.54) is 16.8 Å². The highest BCUT2D eigenvalue weighted by atomic mass is 79.9. The molecule has 0 bridgehead atoms. The molecule has 0 fully saturated rings. The van der Waals surface area contributed by atoms with Crippen LogP contribution >= 0.6 is 27.3 Å². The summed E-state index contributed by atoms with van der Waals surface area (Å²) in [6.45, 7) is 3.08. The van der Waals surface area contributed by atoms with Crippen LogP contribution in [0, 0.1) is 0 Å². The number of halogens is 1. The Kier molecular flexibility index (Phi) is 4.02. The van der Waals surface area contributed by atoms with Gasteiger partial charge in [0.05, 0.1) is 0 Å². The van der Waals surface area contributed by atoms with Crippen LogP contribution in [0.15, 0.2) is 39.5 Å². The molecule has 16 heavy (non-hydrogen) atoms. The summed E-state index contributed by atoms with van der Waals surface area (Å²) in [5, 5.41) is 7.77. The highest BCUT2D eigenvalue weighted by molar-refractivity contribution is 9.10. The van der Waals surface area contributed by atoms with E-state index >= 15 is 0 Å². The fourth-order valence-corrected chi connectivity index (χ4v) is 2.69. The third-order valence-electron chi connectivity index (χ3n) is 2.51. The number of rotatable bonds is 4. The first-order chi connectivity index (χ1) is 7.79. The zero-order chi connectivity index (χ0) is 11.4. The number of thiophene rings is 1. The lowest BCUT2D eigenvalue weighted by molar-refractivity contribution is 1.09. The van der Waals surface area contributed by atoms with Gasteiger partial charge in [-0.15, -0.1) is 0 Å². The molecule has 0 amide bonds. The molecule has 3 heteroatoms. The number of anilines is 1. The average Bonchev–Trinajstić information content (AvgIpc) is 2.80. The van der Waals surface area contributed by atoms with E-state index in [0.717, 1.165) is 17.4 Å². The van der Waals surface area contributed by atoms with Gasteiger partial charge >= 0.3 is 0 Å². The van der Waals surface area contributed by atoms with Crippen LogP contribution in [0.2, 0.25) is 0 Å². The van der Waals surface area contributed by atoms with Gasteiger partial charge in [0, 0.05) is 16.7 Å². The first kappa shape index (κ1) is 11.7. The fraction of sp³-hybridized carbons (Fsp3) is 0.231. The fourth-order valence-electron chi connectivity index (χ4n) is 1.62. The smallest absolute Gasteiger partial charge is 0.0409 e. The Bertz CT molecular complexity index is 451. The molecule has 0 aliphatic carbocycles. The Labute approximate surface area is 109 Å². The van der Waals surface area contributed by atoms with Crippen LogP contribution in [0.25, 0.3) is 0 Å². The van der Waals surface area contributed by atoms with E-state index < -0.39 is 0 Å². The van der Waals surface area contributed by atoms with Crippen molar-refractivity contribution in [1.82, 2.24) is 0 Å². The van der Waals surface area contributed by atoms with E-state index in [1.807, 2.05) is 0 Å². The van der Waals surface area contributed by atoms with Crippen molar-refractivity contribution in [2.24, 2.45) is 0 Å². The van der Waals surface area contributed by atoms with Gasteiger partial charge in [-0.3, -0.25) is 0 Å². The summed E-state index contributed by atoms with van der Waals surface area (Å²) in [7, 11) is 0. The summed E-state index contributed by atoms with van der Waals surface area (Å²) in [5.41, 5.74) is 3.93. The molecule has 0 saturated heterocycles. The van der Waals surface area contributed by atoms with Gasteiger partial charge in [0.2, 0.25) is 0 Å². The Hall–Kier alpha value is -0.800. The summed E-state index contributed by atoms with van der Waals surface area (Å²) in [6.07, 6.45) is 1.05. The zero-order valence-corrected chi connectivity index (χ0v) is 11.6. The quantitative estimate of drug-likeness (QED) is 0.863. The lowest BCUT2D eigenvalue weighted by atomic mass is 10.1. The zero-order valence-electron chi connectivity index (χ0n) is 9.16. The maximum absolute atomic E-state index is 3.50. The molecule has 1 aromatic carbocycles. The molecule has 0 spiro atoms. The van der Waals surface area contributed by atoms with Gasteiger partial charge in [-0.25, -0.2) is 0 Å². The normalized spacial score (nSPS) is 10.4. The Balaban J connectivity index is 2.09. The van der Waals surface area contributed by atoms with E-state index in [0.29, 0.717) is 0 Å². The minimum absolute atomic E-state index is 0.901. The largest absolute Gasteiger partial charge is 0.381 e. The molecule has 1 N–H and O–H groups in total. The first-order valence-electron chi connectivity index (χ1n) is 5.33. The maximum Gasteiger partial charge on any atom is 0.0409 e. The monoisotopic (exact) mass is 295 g/mol. The van der Waals surface area contributed by atoms with E-state index in [9.17, 15) is 0 Å². The Morgan fingerprint density at radius 1 is 1.31 bits per heavy atom. The summed E-state index contributed by atoms with van der Waals surface area (Å²) in [5.74, 6) is 0. The number of hydrogen-bond donors (Lipinski definition) is 1. The van der Waals surface area contributed by atoms with Gasteiger partial charge < -0.3 is 5.32 Å². The van der Waals surface area contributed by atoms with Crippen molar-refractivity contribution in [1.29, 1.82) is 0 Å². The Morgan fingerprint density at radius 2 is 2.19 bits per heavy atom. The van der Waals surface area contributed by atoms with Gasteiger partial charge in [-0.05, 0) is 52.6 Å². The van der Waals surface area contributed by atoms with Gasteiger partial charge in [0.1, 0.15) is 0 Å². The average molecular weight is 296 g/mol. The maximum atomic E-state index is 3.50. The van der Waals surface area contributed by atoms with E-state index in [2.05, 4.69) is 63.2 Å². The third kappa shape index (κ3) is 2.86. The molecule has 2 aromatic rings. The van der Waals surface area contributed by atoms with Crippen molar-refractivity contribution in [2.75, 3.05) is 5.32 Å². The van der Waals surface area contributed by atoms with Crippen molar-refractivity contribution >= 4 is 33.0 Å². The van der Waals surface area contributed by atoms with Crippen LogP contribution < -0.4 is 5.32 Å². The van der Waals surface area contributed by atoms with Gasteiger partial charge in [-0.1, -0.05) is 22.9 Å². The standard InChI is InChI=1S/C13H14BrNS/c1-2-11-7-12(14)3-4-13(11)15-8-10-5-6-16-9-10/h3-7,9,15H,2,8H2,1H3. The number of hydrogen-bond acceptors (Lipinski definition) is 2. The molecule has 0 aliphatic rings. The minimum Gasteiger partial charge on any atom is -0.381 e. The van der Waals surface area contributed by atoms with Crippen LogP contribution in [-0.2, 0) is 13.0 Å². The van der Waals surface area contributed by atoms with Gasteiger partial charge in [0.25, 0.3) is 0 Å². The van der Waals surface area contributed by atoms with E-state index in [1.54, 1.807) is 11.3 Å². The van der Waals surface area contributed by atoms with Crippen LogP contribution in [0.3, 0.4) is 0 Å². The molecule has 84 valence electrons. The van der Waals surface area contributed by atoms with E-state index in [4.69, 9.17) is 0 Å². The number of benzene rings is 1. The molecule has 1 aromatic heterocycles. The van der Waals surface area contributed by atoms with Crippen molar-refractivity contribution < 1.29 is 0 Å². The topological polar surface area (TPSA) is 12.0 Å². The third-order valence-corrected chi connectivity index (χ3v) is 3.74. The van der Waals surface area contributed by atoms with Crippen LogP contribution in [0.1, 0.15) is 18.1 Å². The van der Waals surface area contributed by atoms with Crippen molar-refractivity contribution in [3.05, 3.63) is 50.6 Å². The molecule has 1 nitrogen and oxygen atoms in total. The summed E-state index contributed by atoms with van der Waals surface area (Å²) >= 11 is 5.24. The Morgan fingerprint density at radius 3 is 2.88 bits per heavy atom. The summed E-state index contributed by atoms with van der Waals surface area (Å²) in [6, 6.07) is 8.54. The molecule has 2 rings (SSSR count). The van der Waals surface area contributed by atoms with E-state index in [-0.39, 0.29) is 0 Å². The van der Waals surface area contributed by atoms with Crippen LogP contribution in [-0.4, -0.2) is 0 Å². The SMILES string of the molecule is CCc1cc(Br)ccc1NCc1ccsc1. The molecule has 0 radical (unpaired) electrons. The highest BCUT2D eigenvalue weighted by Crippen LogP contribution is 2.22. The highest BCUT2D eigenvalue weighted by Gasteiger charge is 2.01. The molecule has 1 heterocycles. The van der Waals surface area contributed by atoms with Gasteiger partial charge in [-0.2, -0.15) is 11.3 Å². The molecular weight excluding hydrogens is 282 g/mol. The van der Waals surface area contributed by atoms with Crippen molar-refractivity contribution in [2.45, 2.75) is 19.9 Å². The lowest BCUT2D eigenvalue weighted by Crippen LogP contribution is -2.01. The minimum atomic E-state index is 0.901. The van der Waals surface area contributed by atoms with Crippen LogP contribution in [0.4, 0.5) is 5.69 Å². The van der Waals surface area contributed by atoms with Crippen molar-refractivity contribution in [3.63, 3.8) is 0 Å². The predicted molar refractivity (Wildman–Crippen MR) is 75.2 cm³/mol. The number of nitrogens with one attached hydrogen (secondary N) is 1. The summed E-state index contributed by atoms with van der Waals surface area (Å²) < 4.78 is 1.14. The molecular formula is C13H14BrNS. The second-order valence-corrected chi connectivity index (χ2v) is 5.34. The number of aryl methyl sites for hydroxylation is 1. The first-order valence-corrected chi connectivity index (χ1v) is 7.06. The predicted octanol–water partition coefficient (Wildman–Crippen LogP) is 4.69. The molecule has 0 saturated carbocycles.